The predicted molar refractivity (Wildman–Crippen MR) is 85.5 cm³/mol. The van der Waals surface area contributed by atoms with E-state index in [2.05, 4.69) is 36.4 Å². The van der Waals surface area contributed by atoms with Crippen molar-refractivity contribution in [3.8, 4) is 0 Å². The summed E-state index contributed by atoms with van der Waals surface area (Å²) in [4.78, 5) is 16.9. The van der Waals surface area contributed by atoms with Crippen LogP contribution in [0.1, 0.15) is 24.8 Å². The van der Waals surface area contributed by atoms with Crippen molar-refractivity contribution >= 4 is 11.6 Å². The highest BCUT2D eigenvalue weighted by molar-refractivity contribution is 5.87. The van der Waals surface area contributed by atoms with E-state index in [1.807, 2.05) is 24.1 Å². The van der Waals surface area contributed by atoms with Crippen LogP contribution in [-0.2, 0) is 11.2 Å². The first-order valence-corrected chi connectivity index (χ1v) is 7.79. The van der Waals surface area contributed by atoms with Gasteiger partial charge >= 0.3 is 0 Å². The molecular formula is C17H25N3O. The zero-order chi connectivity index (χ0) is 15.0. The van der Waals surface area contributed by atoms with E-state index >= 15 is 0 Å². The zero-order valence-corrected chi connectivity index (χ0v) is 13.2. The maximum Gasteiger partial charge on any atom is 0.245 e. The standard InChI is InChI=1S/C17H25N3O/c1-19(2)17(9-6-10-17)12-20(3)16(21)15-11-13-7-4-5-8-14(13)18-15/h4-5,7-8,15,18H,6,9-12H2,1-3H3. The van der Waals surface area contributed by atoms with E-state index in [0.29, 0.717) is 0 Å². The number of anilines is 1. The first-order valence-electron chi connectivity index (χ1n) is 7.79. The van der Waals surface area contributed by atoms with Crippen LogP contribution in [0.2, 0.25) is 0 Å². The molecule has 0 spiro atoms. The minimum Gasteiger partial charge on any atom is -0.373 e. The first kappa shape index (κ1) is 14.4. The van der Waals surface area contributed by atoms with Crippen LogP contribution in [-0.4, -0.2) is 55.0 Å². The Kier molecular flexibility index (Phi) is 3.66. The number of carbonyl (C=O) groups is 1. The highest BCUT2D eigenvalue weighted by atomic mass is 16.2. The smallest absolute Gasteiger partial charge is 0.245 e. The average Bonchev–Trinajstić information content (AvgIpc) is 2.85. The normalized spacial score (nSPS) is 22.4. The fraction of sp³-hybridized carbons (Fsp3) is 0.588. The van der Waals surface area contributed by atoms with Crippen molar-refractivity contribution < 1.29 is 4.79 Å². The lowest BCUT2D eigenvalue weighted by Gasteiger charge is -2.49. The van der Waals surface area contributed by atoms with Gasteiger partial charge in [0.15, 0.2) is 0 Å². The van der Waals surface area contributed by atoms with Crippen LogP contribution in [0.3, 0.4) is 0 Å². The van der Waals surface area contributed by atoms with Crippen molar-refractivity contribution in [2.45, 2.75) is 37.3 Å². The number of nitrogens with one attached hydrogen (secondary N) is 1. The van der Waals surface area contributed by atoms with Gasteiger partial charge in [0.25, 0.3) is 0 Å². The molecule has 1 aliphatic heterocycles. The molecule has 1 N–H and O–H groups in total. The average molecular weight is 287 g/mol. The van der Waals surface area contributed by atoms with E-state index in [-0.39, 0.29) is 17.5 Å². The maximum atomic E-state index is 12.7. The molecule has 1 heterocycles. The Morgan fingerprint density at radius 1 is 1.29 bits per heavy atom. The topological polar surface area (TPSA) is 35.6 Å². The van der Waals surface area contributed by atoms with E-state index in [9.17, 15) is 4.79 Å². The summed E-state index contributed by atoms with van der Waals surface area (Å²) in [7, 11) is 6.19. The Balaban J connectivity index is 1.64. The van der Waals surface area contributed by atoms with Gasteiger partial charge in [0.2, 0.25) is 5.91 Å². The number of para-hydroxylation sites is 1. The highest BCUT2D eigenvalue weighted by Gasteiger charge is 2.41. The van der Waals surface area contributed by atoms with Crippen molar-refractivity contribution in [1.82, 2.24) is 9.80 Å². The second-order valence-electron chi connectivity index (χ2n) is 6.72. The number of amides is 1. The number of carbonyl (C=O) groups excluding carboxylic acids is 1. The van der Waals surface area contributed by atoms with Crippen molar-refractivity contribution in [2.75, 3.05) is 33.0 Å². The Morgan fingerprint density at radius 2 is 2.00 bits per heavy atom. The van der Waals surface area contributed by atoms with Crippen molar-refractivity contribution in [1.29, 1.82) is 0 Å². The van der Waals surface area contributed by atoms with Crippen molar-refractivity contribution in [2.24, 2.45) is 0 Å². The summed E-state index contributed by atoms with van der Waals surface area (Å²) in [5, 5.41) is 3.36. The molecule has 1 amide bonds. The van der Waals surface area contributed by atoms with Crippen LogP contribution in [0.25, 0.3) is 0 Å². The van der Waals surface area contributed by atoms with Crippen LogP contribution in [0.15, 0.2) is 24.3 Å². The molecular weight excluding hydrogens is 262 g/mol. The number of nitrogens with zero attached hydrogens (tertiary/aromatic N) is 2. The van der Waals surface area contributed by atoms with Crippen LogP contribution in [0.4, 0.5) is 5.69 Å². The van der Waals surface area contributed by atoms with Gasteiger partial charge < -0.3 is 15.1 Å². The third kappa shape index (κ3) is 2.53. The molecule has 0 saturated heterocycles. The predicted octanol–water partition coefficient (Wildman–Crippen LogP) is 1.97. The molecule has 0 radical (unpaired) electrons. The van der Waals surface area contributed by atoms with Crippen LogP contribution < -0.4 is 5.32 Å². The molecule has 0 aromatic heterocycles. The lowest BCUT2D eigenvalue weighted by molar-refractivity contribution is -0.133. The molecule has 1 atom stereocenters. The lowest BCUT2D eigenvalue weighted by atomic mass is 9.75. The van der Waals surface area contributed by atoms with Gasteiger partial charge in [-0.25, -0.2) is 0 Å². The molecule has 3 rings (SSSR count). The summed E-state index contributed by atoms with van der Waals surface area (Å²) in [6.45, 7) is 0.827. The number of rotatable bonds is 4. The minimum absolute atomic E-state index is 0.105. The quantitative estimate of drug-likeness (QED) is 0.919. The van der Waals surface area contributed by atoms with Gasteiger partial charge in [-0.15, -0.1) is 0 Å². The summed E-state index contributed by atoms with van der Waals surface area (Å²) >= 11 is 0. The third-order valence-corrected chi connectivity index (χ3v) is 5.21. The molecule has 4 nitrogen and oxygen atoms in total. The van der Waals surface area contributed by atoms with Crippen LogP contribution >= 0.6 is 0 Å². The molecule has 114 valence electrons. The van der Waals surface area contributed by atoms with Crippen LogP contribution in [0.5, 0.6) is 0 Å². The first-order chi connectivity index (χ1) is 10.0. The molecule has 4 heteroatoms. The number of hydrogen-bond donors (Lipinski definition) is 1. The number of likely N-dealkylation sites (N-methyl/N-ethyl adjacent to an activating group) is 2. The van der Waals surface area contributed by atoms with Crippen LogP contribution in [0, 0.1) is 0 Å². The molecule has 1 aliphatic carbocycles. The van der Waals surface area contributed by atoms with Gasteiger partial charge in [0.05, 0.1) is 0 Å². The second kappa shape index (κ2) is 5.34. The Labute approximate surface area is 127 Å². The summed E-state index contributed by atoms with van der Waals surface area (Å²) in [5.74, 6) is 0.208. The molecule has 2 aliphatic rings. The Bertz CT molecular complexity index is 512. The summed E-state index contributed by atoms with van der Waals surface area (Å²) < 4.78 is 0. The number of fused-ring (bicyclic) bond motifs is 1. The van der Waals surface area contributed by atoms with Crippen molar-refractivity contribution in [3.63, 3.8) is 0 Å². The molecule has 1 aromatic rings. The summed E-state index contributed by atoms with van der Waals surface area (Å²) in [5.41, 5.74) is 2.54. The van der Waals surface area contributed by atoms with E-state index in [1.54, 1.807) is 0 Å². The lowest BCUT2D eigenvalue weighted by Crippen LogP contribution is -2.58. The highest BCUT2D eigenvalue weighted by Crippen LogP contribution is 2.37. The van der Waals surface area contributed by atoms with Gasteiger partial charge in [-0.2, -0.15) is 0 Å². The number of hydrogen-bond acceptors (Lipinski definition) is 3. The van der Waals surface area contributed by atoms with Gasteiger partial charge in [-0.1, -0.05) is 18.2 Å². The van der Waals surface area contributed by atoms with Gasteiger partial charge in [0.1, 0.15) is 6.04 Å². The van der Waals surface area contributed by atoms with Gasteiger partial charge in [-0.05, 0) is 45.0 Å². The zero-order valence-electron chi connectivity index (χ0n) is 13.2. The molecule has 0 bridgehead atoms. The van der Waals surface area contributed by atoms with E-state index in [4.69, 9.17) is 0 Å². The minimum atomic E-state index is -0.105. The Morgan fingerprint density at radius 3 is 2.57 bits per heavy atom. The number of benzene rings is 1. The van der Waals surface area contributed by atoms with E-state index in [1.165, 1.54) is 24.8 Å². The second-order valence-corrected chi connectivity index (χ2v) is 6.72. The van der Waals surface area contributed by atoms with E-state index in [0.717, 1.165) is 18.7 Å². The van der Waals surface area contributed by atoms with E-state index < -0.39 is 0 Å². The molecule has 1 fully saturated rings. The molecule has 1 saturated carbocycles. The fourth-order valence-electron chi connectivity index (χ4n) is 3.56. The van der Waals surface area contributed by atoms with Crippen molar-refractivity contribution in [3.05, 3.63) is 29.8 Å². The summed E-state index contributed by atoms with van der Waals surface area (Å²) in [6, 6.07) is 8.09. The van der Waals surface area contributed by atoms with Gasteiger partial charge in [-0.3, -0.25) is 4.79 Å². The third-order valence-electron chi connectivity index (χ3n) is 5.21. The molecule has 1 unspecified atom stereocenters. The molecule has 21 heavy (non-hydrogen) atoms. The maximum absolute atomic E-state index is 12.7. The molecule has 1 aromatic carbocycles. The SMILES string of the molecule is CN(CC1(N(C)C)CCC1)C(=O)C1Cc2ccccc2N1. The monoisotopic (exact) mass is 287 g/mol. The Hall–Kier alpha value is -1.55. The van der Waals surface area contributed by atoms with Gasteiger partial charge in [0, 0.05) is 31.2 Å². The summed E-state index contributed by atoms with van der Waals surface area (Å²) in [6.07, 6.45) is 4.45. The largest absolute Gasteiger partial charge is 0.373 e. The fourth-order valence-corrected chi connectivity index (χ4v) is 3.56.